The van der Waals surface area contributed by atoms with E-state index < -0.39 is 0 Å². The van der Waals surface area contributed by atoms with E-state index in [0.717, 1.165) is 22.7 Å². The minimum absolute atomic E-state index is 0.114. The number of para-hydroxylation sites is 3. The zero-order valence-electron chi connectivity index (χ0n) is 33.7. The summed E-state index contributed by atoms with van der Waals surface area (Å²) in [5.41, 5.74) is 22.4. The third kappa shape index (κ3) is 4.70. The predicted octanol–water partition coefficient (Wildman–Crippen LogP) is 14.8. The Morgan fingerprint density at radius 2 is 0.864 bits per heavy atom. The van der Waals surface area contributed by atoms with Gasteiger partial charge >= 0.3 is 0 Å². The molecule has 2 aromatic heterocycles. The Bertz CT molecular complexity index is 3210. The number of aromatic nitrogens is 2. The molecule has 8 aromatic carbocycles. The molecule has 0 amide bonds. The molecular weight excluding hydrogens is 715 g/mol. The fourth-order valence-electron chi connectivity index (χ4n) is 10.6. The summed E-state index contributed by atoms with van der Waals surface area (Å²) in [7, 11) is 0. The van der Waals surface area contributed by atoms with Gasteiger partial charge in [0.2, 0.25) is 0 Å². The van der Waals surface area contributed by atoms with Crippen LogP contribution in [0.1, 0.15) is 49.9 Å². The summed E-state index contributed by atoms with van der Waals surface area (Å²) in [6, 6.07) is 69.7. The second-order valence-corrected chi connectivity index (χ2v) is 17.4. The number of nitrogens with zero attached hydrogens (tertiary/aromatic N) is 3. The summed E-state index contributed by atoms with van der Waals surface area (Å²) >= 11 is 0. The van der Waals surface area contributed by atoms with Gasteiger partial charge in [0.25, 0.3) is 0 Å². The van der Waals surface area contributed by atoms with E-state index in [4.69, 9.17) is 0 Å². The minimum atomic E-state index is -0.114. The minimum Gasteiger partial charge on any atom is -0.310 e. The van der Waals surface area contributed by atoms with Crippen molar-refractivity contribution in [2.24, 2.45) is 0 Å². The van der Waals surface area contributed by atoms with Crippen molar-refractivity contribution in [3.05, 3.63) is 210 Å². The second kappa shape index (κ2) is 12.2. The zero-order valence-corrected chi connectivity index (χ0v) is 33.7. The first kappa shape index (κ1) is 34.0. The Labute approximate surface area is 345 Å². The molecule has 0 radical (unpaired) electrons. The smallest absolute Gasteiger partial charge is 0.131 e. The Balaban J connectivity index is 1.06. The van der Waals surface area contributed by atoms with E-state index in [1.807, 2.05) is 0 Å². The lowest BCUT2D eigenvalue weighted by molar-refractivity contribution is 0.660. The molecule has 0 atom stereocenters. The molecule has 282 valence electrons. The highest BCUT2D eigenvalue weighted by Crippen LogP contribution is 2.53. The summed E-state index contributed by atoms with van der Waals surface area (Å²) in [4.78, 5) is 2.47. The Kier molecular flexibility index (Phi) is 7.03. The van der Waals surface area contributed by atoms with E-state index in [0.29, 0.717) is 0 Å². The largest absolute Gasteiger partial charge is 0.310 e. The molecule has 0 N–H and O–H groups in total. The maximum absolute atomic E-state index is 2.47. The van der Waals surface area contributed by atoms with Crippen molar-refractivity contribution in [2.75, 3.05) is 4.90 Å². The lowest BCUT2D eigenvalue weighted by Gasteiger charge is -2.30. The van der Waals surface area contributed by atoms with Gasteiger partial charge in [-0.3, -0.25) is 8.97 Å². The fourth-order valence-corrected chi connectivity index (χ4v) is 10.6. The Morgan fingerprint density at radius 1 is 0.390 bits per heavy atom. The van der Waals surface area contributed by atoms with Crippen LogP contribution in [-0.2, 0) is 10.8 Å². The van der Waals surface area contributed by atoms with Crippen molar-refractivity contribution in [3.63, 3.8) is 0 Å². The van der Waals surface area contributed by atoms with E-state index >= 15 is 0 Å². The number of hydrogen-bond donors (Lipinski definition) is 0. The summed E-state index contributed by atoms with van der Waals surface area (Å²) in [5, 5.41) is 1.25. The SMILES string of the molecule is CC1(C)c2ccccc2-c2ccc(N(c3ccc(-n4c5ccccc5n5c6ccccc6c(-c6ccccc6)c45)cc3)c3ccc4c(c3)C(C)(C)c3ccccc3-4)cc21. The molecule has 0 saturated carbocycles. The monoisotopic (exact) mass is 757 g/mol. The van der Waals surface area contributed by atoms with Crippen LogP contribution in [0.25, 0.3) is 66.7 Å². The molecule has 0 unspecified atom stereocenters. The number of rotatable bonds is 5. The fraction of sp³-hybridized carbons (Fsp3) is 0.107. The molecule has 2 aliphatic carbocycles. The van der Waals surface area contributed by atoms with Gasteiger partial charge in [-0.25, -0.2) is 0 Å². The molecule has 3 heteroatoms. The van der Waals surface area contributed by atoms with Gasteiger partial charge in [-0.05, 0) is 117 Å². The number of fused-ring (bicyclic) bond motifs is 11. The molecule has 0 bridgehead atoms. The molecule has 0 fully saturated rings. The van der Waals surface area contributed by atoms with Crippen LogP contribution in [0, 0.1) is 0 Å². The molecule has 12 rings (SSSR count). The maximum atomic E-state index is 2.47. The molecule has 0 spiro atoms. The quantitative estimate of drug-likeness (QED) is 0.170. The highest BCUT2D eigenvalue weighted by atomic mass is 15.2. The molecule has 3 nitrogen and oxygen atoms in total. The highest BCUT2D eigenvalue weighted by Gasteiger charge is 2.38. The van der Waals surface area contributed by atoms with Gasteiger partial charge in [-0.1, -0.05) is 149 Å². The molecule has 10 aromatic rings. The van der Waals surface area contributed by atoms with Crippen molar-refractivity contribution in [1.29, 1.82) is 0 Å². The Morgan fingerprint density at radius 3 is 1.47 bits per heavy atom. The van der Waals surface area contributed by atoms with Gasteiger partial charge < -0.3 is 4.90 Å². The standard InChI is InChI=1S/C56H43N3/c1-55(2)46-21-11-8-18-41(46)43-32-30-39(34-48(43)55)57(40-31-33-44-42-19-9-12-22-47(42)56(3,4)49(44)35-40)37-26-28-38(29-27-37)58-51-24-14-15-25-52(51)59-50-23-13-10-20-45(50)53(54(58)59)36-16-6-5-7-17-36/h5-35H,1-4H3. The second-order valence-electron chi connectivity index (χ2n) is 17.4. The summed E-state index contributed by atoms with van der Waals surface area (Å²) in [5.74, 6) is 0. The van der Waals surface area contributed by atoms with Gasteiger partial charge in [-0.15, -0.1) is 0 Å². The zero-order chi connectivity index (χ0) is 39.6. The normalized spacial score (nSPS) is 14.4. The van der Waals surface area contributed by atoms with Crippen LogP contribution in [0.5, 0.6) is 0 Å². The molecular formula is C56H43N3. The van der Waals surface area contributed by atoms with Crippen LogP contribution in [0.4, 0.5) is 17.1 Å². The van der Waals surface area contributed by atoms with Crippen LogP contribution >= 0.6 is 0 Å². The Hall–Kier alpha value is -7.10. The van der Waals surface area contributed by atoms with Gasteiger partial charge in [0, 0.05) is 44.5 Å². The molecule has 2 heterocycles. The summed E-state index contributed by atoms with van der Waals surface area (Å²) in [6.45, 7) is 9.47. The number of benzene rings is 8. The van der Waals surface area contributed by atoms with Gasteiger partial charge in [-0.2, -0.15) is 0 Å². The van der Waals surface area contributed by atoms with Crippen LogP contribution in [0.3, 0.4) is 0 Å². The van der Waals surface area contributed by atoms with E-state index in [1.54, 1.807) is 0 Å². The van der Waals surface area contributed by atoms with Gasteiger partial charge in [0.15, 0.2) is 0 Å². The van der Waals surface area contributed by atoms with Crippen molar-refractivity contribution in [1.82, 2.24) is 8.97 Å². The lowest BCUT2D eigenvalue weighted by atomic mass is 9.82. The highest BCUT2D eigenvalue weighted by molar-refractivity contribution is 6.09. The third-order valence-electron chi connectivity index (χ3n) is 13.5. The number of imidazole rings is 1. The van der Waals surface area contributed by atoms with Crippen molar-refractivity contribution in [3.8, 4) is 39.1 Å². The summed E-state index contributed by atoms with van der Waals surface area (Å²) < 4.78 is 4.90. The van der Waals surface area contributed by atoms with Crippen LogP contribution in [-0.4, -0.2) is 8.97 Å². The van der Waals surface area contributed by atoms with Crippen molar-refractivity contribution in [2.45, 2.75) is 38.5 Å². The first-order chi connectivity index (χ1) is 28.8. The van der Waals surface area contributed by atoms with Gasteiger partial charge in [0.1, 0.15) is 5.65 Å². The number of anilines is 3. The lowest BCUT2D eigenvalue weighted by Crippen LogP contribution is -2.18. The first-order valence-corrected chi connectivity index (χ1v) is 20.8. The summed E-state index contributed by atoms with van der Waals surface area (Å²) in [6.07, 6.45) is 0. The van der Waals surface area contributed by atoms with Gasteiger partial charge in [0.05, 0.1) is 16.6 Å². The maximum Gasteiger partial charge on any atom is 0.131 e. The van der Waals surface area contributed by atoms with E-state index in [2.05, 4.69) is 230 Å². The van der Waals surface area contributed by atoms with Crippen molar-refractivity contribution < 1.29 is 0 Å². The number of hydrogen-bond acceptors (Lipinski definition) is 1. The molecule has 2 aliphatic rings. The average Bonchev–Trinajstić information content (AvgIpc) is 3.93. The van der Waals surface area contributed by atoms with Crippen LogP contribution in [0.15, 0.2) is 188 Å². The third-order valence-corrected chi connectivity index (χ3v) is 13.5. The van der Waals surface area contributed by atoms with Crippen LogP contribution < -0.4 is 4.90 Å². The molecule has 0 saturated heterocycles. The van der Waals surface area contributed by atoms with E-state index in [-0.39, 0.29) is 10.8 Å². The predicted molar refractivity (Wildman–Crippen MR) is 247 cm³/mol. The van der Waals surface area contributed by atoms with E-state index in [1.165, 1.54) is 83.2 Å². The molecule has 59 heavy (non-hydrogen) atoms. The van der Waals surface area contributed by atoms with Crippen molar-refractivity contribution >= 4 is 44.6 Å². The van der Waals surface area contributed by atoms with Crippen LogP contribution in [0.2, 0.25) is 0 Å². The molecule has 0 aliphatic heterocycles. The van der Waals surface area contributed by atoms with E-state index in [9.17, 15) is 0 Å². The topological polar surface area (TPSA) is 12.6 Å². The first-order valence-electron chi connectivity index (χ1n) is 20.8. The average molecular weight is 758 g/mol.